The topological polar surface area (TPSA) is 59.0 Å². The van der Waals surface area contributed by atoms with Gasteiger partial charge < -0.3 is 19.5 Å². The van der Waals surface area contributed by atoms with Gasteiger partial charge in [0, 0.05) is 18.8 Å². The average Bonchev–Trinajstić information content (AvgIpc) is 2.67. The molecule has 0 bridgehead atoms. The molecule has 1 heterocycles. The molecule has 5 heteroatoms. The van der Waals surface area contributed by atoms with Gasteiger partial charge in [0.1, 0.15) is 18.0 Å². The molecule has 2 aromatic carbocycles. The van der Waals surface area contributed by atoms with Crippen molar-refractivity contribution in [1.82, 2.24) is 0 Å². The SMILES string of the molecule is CC(C)(C)OC=O.OC1CCCN(c2ccc(OCc3ccccc3)cc2)C1. The van der Waals surface area contributed by atoms with Gasteiger partial charge >= 0.3 is 0 Å². The van der Waals surface area contributed by atoms with E-state index >= 15 is 0 Å². The highest BCUT2D eigenvalue weighted by atomic mass is 16.5. The Bertz CT molecular complexity index is 695. The molecule has 1 aliphatic rings. The van der Waals surface area contributed by atoms with Crippen molar-refractivity contribution in [2.45, 2.75) is 51.9 Å². The van der Waals surface area contributed by atoms with E-state index in [0.717, 1.165) is 37.4 Å². The van der Waals surface area contributed by atoms with Crippen molar-refractivity contribution < 1.29 is 19.4 Å². The molecule has 28 heavy (non-hydrogen) atoms. The number of aliphatic hydroxyl groups is 1. The van der Waals surface area contributed by atoms with Gasteiger partial charge in [0.25, 0.3) is 6.47 Å². The van der Waals surface area contributed by atoms with Crippen molar-refractivity contribution >= 4 is 12.2 Å². The number of carbonyl (C=O) groups excluding carboxylic acids is 1. The second kappa shape index (κ2) is 10.7. The lowest BCUT2D eigenvalue weighted by Crippen LogP contribution is -2.38. The first-order valence-corrected chi connectivity index (χ1v) is 9.68. The number of anilines is 1. The zero-order valence-electron chi connectivity index (χ0n) is 17.0. The Kier molecular flexibility index (Phi) is 8.33. The van der Waals surface area contributed by atoms with Gasteiger partial charge in [-0.05, 0) is 63.4 Å². The van der Waals surface area contributed by atoms with Gasteiger partial charge in [0.2, 0.25) is 0 Å². The predicted octanol–water partition coefficient (Wildman–Crippen LogP) is 4.18. The number of β-amino-alcohol motifs (C(OH)–C–C–N with tert-alkyl or cyclic N) is 1. The molecular weight excluding hydrogens is 354 g/mol. The second-order valence-electron chi connectivity index (χ2n) is 7.84. The molecule has 0 saturated carbocycles. The first-order chi connectivity index (χ1) is 13.4. The minimum atomic E-state index is -0.318. The Morgan fingerprint density at radius 3 is 2.32 bits per heavy atom. The van der Waals surface area contributed by atoms with Gasteiger partial charge in [-0.15, -0.1) is 0 Å². The largest absolute Gasteiger partial charge is 0.489 e. The van der Waals surface area contributed by atoms with Gasteiger partial charge in [-0.25, -0.2) is 0 Å². The molecule has 1 fully saturated rings. The zero-order chi connectivity index (χ0) is 20.4. The maximum atomic E-state index is 9.74. The number of rotatable bonds is 5. The van der Waals surface area contributed by atoms with Crippen LogP contribution in [0.5, 0.6) is 5.75 Å². The fourth-order valence-electron chi connectivity index (χ4n) is 2.83. The first-order valence-electron chi connectivity index (χ1n) is 9.68. The molecule has 0 aromatic heterocycles. The van der Waals surface area contributed by atoms with E-state index in [1.807, 2.05) is 51.1 Å². The quantitative estimate of drug-likeness (QED) is 0.782. The fourth-order valence-corrected chi connectivity index (χ4v) is 2.83. The number of hydrogen-bond acceptors (Lipinski definition) is 5. The molecule has 0 radical (unpaired) electrons. The van der Waals surface area contributed by atoms with Crippen molar-refractivity contribution in [1.29, 1.82) is 0 Å². The van der Waals surface area contributed by atoms with Crippen LogP contribution in [0.1, 0.15) is 39.2 Å². The summed E-state index contributed by atoms with van der Waals surface area (Å²) in [6.45, 7) is 8.25. The molecule has 1 unspecified atom stereocenters. The summed E-state index contributed by atoms with van der Waals surface area (Å²) in [6.07, 6.45) is 1.76. The molecule has 3 rings (SSSR count). The van der Waals surface area contributed by atoms with Crippen LogP contribution in [-0.4, -0.2) is 36.4 Å². The van der Waals surface area contributed by atoms with Crippen LogP contribution in [0.15, 0.2) is 54.6 Å². The highest BCUT2D eigenvalue weighted by Crippen LogP contribution is 2.23. The highest BCUT2D eigenvalue weighted by molar-refractivity contribution is 5.49. The van der Waals surface area contributed by atoms with Crippen LogP contribution in [0.2, 0.25) is 0 Å². The first kappa shape index (κ1) is 21.8. The number of hydrogen-bond donors (Lipinski definition) is 1. The van der Waals surface area contributed by atoms with E-state index in [1.165, 1.54) is 5.56 Å². The van der Waals surface area contributed by atoms with E-state index in [4.69, 9.17) is 4.74 Å². The zero-order valence-corrected chi connectivity index (χ0v) is 17.0. The van der Waals surface area contributed by atoms with E-state index in [0.29, 0.717) is 13.1 Å². The van der Waals surface area contributed by atoms with E-state index in [2.05, 4.69) is 33.9 Å². The van der Waals surface area contributed by atoms with Crippen LogP contribution in [0.3, 0.4) is 0 Å². The molecule has 152 valence electrons. The molecule has 0 aliphatic carbocycles. The standard InChI is InChI=1S/C18H21NO2.C5H10O2/c20-17-7-4-12-19(13-17)16-8-10-18(11-9-16)21-14-15-5-2-1-3-6-15;1-5(2,3)7-4-6/h1-3,5-6,8-11,17,20H,4,7,12-14H2;4H,1-3H3. The Labute approximate surface area is 167 Å². The maximum absolute atomic E-state index is 9.74. The third kappa shape index (κ3) is 8.01. The summed E-state index contributed by atoms with van der Waals surface area (Å²) >= 11 is 0. The van der Waals surface area contributed by atoms with Crippen molar-refractivity contribution in [2.75, 3.05) is 18.0 Å². The van der Waals surface area contributed by atoms with Gasteiger partial charge in [0.15, 0.2) is 0 Å². The van der Waals surface area contributed by atoms with Crippen LogP contribution in [-0.2, 0) is 16.1 Å². The molecule has 1 saturated heterocycles. The van der Waals surface area contributed by atoms with Gasteiger partial charge in [-0.1, -0.05) is 30.3 Å². The summed E-state index contributed by atoms with van der Waals surface area (Å²) < 4.78 is 10.3. The summed E-state index contributed by atoms with van der Waals surface area (Å²) in [5.41, 5.74) is 2.00. The van der Waals surface area contributed by atoms with E-state index in [-0.39, 0.29) is 11.7 Å². The third-order valence-electron chi connectivity index (χ3n) is 4.25. The number of piperidine rings is 1. The normalized spacial score (nSPS) is 16.6. The number of benzene rings is 2. The van der Waals surface area contributed by atoms with Crippen LogP contribution in [0.4, 0.5) is 5.69 Å². The molecule has 0 amide bonds. The van der Waals surface area contributed by atoms with Gasteiger partial charge in [-0.3, -0.25) is 4.79 Å². The highest BCUT2D eigenvalue weighted by Gasteiger charge is 2.17. The molecular formula is C23H31NO4. The summed E-state index contributed by atoms with van der Waals surface area (Å²) in [5, 5.41) is 9.74. The van der Waals surface area contributed by atoms with Gasteiger partial charge in [0.05, 0.1) is 6.10 Å². The Morgan fingerprint density at radius 2 is 1.79 bits per heavy atom. The Balaban J connectivity index is 0.000000345. The van der Waals surface area contributed by atoms with Crippen LogP contribution >= 0.6 is 0 Å². The third-order valence-corrected chi connectivity index (χ3v) is 4.25. The fraction of sp³-hybridized carbons (Fsp3) is 0.435. The monoisotopic (exact) mass is 385 g/mol. The summed E-state index contributed by atoms with van der Waals surface area (Å²) in [5.74, 6) is 0.875. The lowest BCUT2D eigenvalue weighted by molar-refractivity contribution is -0.138. The summed E-state index contributed by atoms with van der Waals surface area (Å²) in [4.78, 5) is 11.8. The molecule has 0 spiro atoms. The van der Waals surface area contributed by atoms with E-state index in [1.54, 1.807) is 0 Å². The smallest absolute Gasteiger partial charge is 0.293 e. The van der Waals surface area contributed by atoms with E-state index < -0.39 is 0 Å². The maximum Gasteiger partial charge on any atom is 0.293 e. The minimum Gasteiger partial charge on any atom is -0.489 e. The molecule has 1 N–H and O–H groups in total. The lowest BCUT2D eigenvalue weighted by Gasteiger charge is -2.32. The molecule has 5 nitrogen and oxygen atoms in total. The number of nitrogens with zero attached hydrogens (tertiary/aromatic N) is 1. The predicted molar refractivity (Wildman–Crippen MR) is 112 cm³/mol. The van der Waals surface area contributed by atoms with Crippen molar-refractivity contribution in [3.05, 3.63) is 60.2 Å². The minimum absolute atomic E-state index is 0.201. The number of carbonyl (C=O) groups is 1. The molecule has 2 aromatic rings. The second-order valence-corrected chi connectivity index (χ2v) is 7.84. The molecule has 1 atom stereocenters. The van der Waals surface area contributed by atoms with Gasteiger partial charge in [-0.2, -0.15) is 0 Å². The van der Waals surface area contributed by atoms with Crippen LogP contribution < -0.4 is 9.64 Å². The van der Waals surface area contributed by atoms with Crippen LogP contribution in [0.25, 0.3) is 0 Å². The van der Waals surface area contributed by atoms with Crippen molar-refractivity contribution in [2.24, 2.45) is 0 Å². The van der Waals surface area contributed by atoms with Crippen molar-refractivity contribution in [3.63, 3.8) is 0 Å². The van der Waals surface area contributed by atoms with Crippen molar-refractivity contribution in [3.8, 4) is 5.75 Å². The number of ether oxygens (including phenoxy) is 2. The Hall–Kier alpha value is -2.53. The Morgan fingerprint density at radius 1 is 1.11 bits per heavy atom. The number of aliphatic hydroxyl groups excluding tert-OH is 1. The van der Waals surface area contributed by atoms with Crippen LogP contribution in [0, 0.1) is 0 Å². The molecule has 1 aliphatic heterocycles. The lowest BCUT2D eigenvalue weighted by atomic mass is 10.1. The summed E-state index contributed by atoms with van der Waals surface area (Å²) in [7, 11) is 0. The average molecular weight is 386 g/mol. The van der Waals surface area contributed by atoms with E-state index in [9.17, 15) is 9.90 Å². The summed E-state index contributed by atoms with van der Waals surface area (Å²) in [6, 6.07) is 18.3.